The molecule has 0 aromatic heterocycles. The second-order valence-corrected chi connectivity index (χ2v) is 5.61. The molecule has 0 atom stereocenters. The van der Waals surface area contributed by atoms with Crippen LogP contribution in [-0.4, -0.2) is 54.0 Å². The molecule has 0 aliphatic carbocycles. The highest BCUT2D eigenvalue weighted by molar-refractivity contribution is 5.98. The third-order valence-electron chi connectivity index (χ3n) is 4.03. The van der Waals surface area contributed by atoms with Gasteiger partial charge >= 0.3 is 5.97 Å². The minimum atomic E-state index is -0.817. The van der Waals surface area contributed by atoms with Gasteiger partial charge in [0.15, 0.2) is 0 Å². The summed E-state index contributed by atoms with van der Waals surface area (Å²) < 4.78 is 5.40. The van der Waals surface area contributed by atoms with Gasteiger partial charge in [-0.15, -0.1) is 0 Å². The zero-order valence-electron chi connectivity index (χ0n) is 13.7. The van der Waals surface area contributed by atoms with Crippen molar-refractivity contribution < 1.29 is 24.2 Å². The Morgan fingerprint density at radius 1 is 1.25 bits per heavy atom. The molecule has 0 unspecified atom stereocenters. The van der Waals surface area contributed by atoms with Gasteiger partial charge in [-0.3, -0.25) is 14.4 Å². The standard InChI is InChI=1S/C17H22N2O5/c1-2-24-14-6-4-3-5-13(14)16(21)18-11-15(20)19-9-7-12(8-10-19)17(22)23/h3-6,12H,2,7-11H2,1H3,(H,18,21)(H,22,23). The molecule has 0 spiro atoms. The van der Waals surface area contributed by atoms with Crippen molar-refractivity contribution in [1.82, 2.24) is 10.2 Å². The molecular weight excluding hydrogens is 312 g/mol. The number of rotatable bonds is 6. The predicted octanol–water partition coefficient (Wildman–Crippen LogP) is 1.14. The van der Waals surface area contributed by atoms with Crippen LogP contribution in [0.15, 0.2) is 24.3 Å². The molecule has 2 amide bonds. The van der Waals surface area contributed by atoms with Crippen molar-refractivity contribution in [2.24, 2.45) is 5.92 Å². The summed E-state index contributed by atoms with van der Waals surface area (Å²) in [6.07, 6.45) is 0.893. The van der Waals surface area contributed by atoms with Gasteiger partial charge in [0.2, 0.25) is 5.91 Å². The summed E-state index contributed by atoms with van der Waals surface area (Å²) in [6.45, 7) is 2.97. The van der Waals surface area contributed by atoms with E-state index in [1.54, 1.807) is 29.2 Å². The number of nitrogens with one attached hydrogen (secondary N) is 1. The van der Waals surface area contributed by atoms with E-state index in [0.29, 0.717) is 43.9 Å². The second kappa shape index (κ2) is 8.33. The third kappa shape index (κ3) is 4.47. The van der Waals surface area contributed by atoms with E-state index in [9.17, 15) is 14.4 Å². The molecule has 1 saturated heterocycles. The summed E-state index contributed by atoms with van der Waals surface area (Å²) in [5, 5.41) is 11.6. The Morgan fingerprint density at radius 3 is 2.54 bits per heavy atom. The summed E-state index contributed by atoms with van der Waals surface area (Å²) in [5.41, 5.74) is 0.386. The van der Waals surface area contributed by atoms with Crippen molar-refractivity contribution in [3.8, 4) is 5.75 Å². The Morgan fingerprint density at radius 2 is 1.92 bits per heavy atom. The zero-order chi connectivity index (χ0) is 17.5. The highest BCUT2D eigenvalue weighted by atomic mass is 16.5. The molecule has 0 bridgehead atoms. The Bertz CT molecular complexity index is 609. The van der Waals surface area contributed by atoms with E-state index in [1.807, 2.05) is 6.92 Å². The van der Waals surface area contributed by atoms with E-state index in [1.165, 1.54) is 0 Å². The number of carbonyl (C=O) groups is 3. The van der Waals surface area contributed by atoms with E-state index >= 15 is 0 Å². The van der Waals surface area contributed by atoms with Crippen molar-refractivity contribution >= 4 is 17.8 Å². The number of ether oxygens (including phenoxy) is 1. The van der Waals surface area contributed by atoms with E-state index in [4.69, 9.17) is 9.84 Å². The molecule has 7 heteroatoms. The molecular formula is C17H22N2O5. The average Bonchev–Trinajstić information content (AvgIpc) is 2.60. The second-order valence-electron chi connectivity index (χ2n) is 5.61. The number of nitrogens with zero attached hydrogens (tertiary/aromatic N) is 1. The fraction of sp³-hybridized carbons (Fsp3) is 0.471. The fourth-order valence-electron chi connectivity index (χ4n) is 2.67. The third-order valence-corrected chi connectivity index (χ3v) is 4.03. The first-order valence-electron chi connectivity index (χ1n) is 8.03. The summed E-state index contributed by atoms with van der Waals surface area (Å²) in [6, 6.07) is 6.86. The number of benzene rings is 1. The van der Waals surface area contributed by atoms with Gasteiger partial charge in [0.1, 0.15) is 5.75 Å². The minimum absolute atomic E-state index is 0.114. The lowest BCUT2D eigenvalue weighted by Gasteiger charge is -2.30. The van der Waals surface area contributed by atoms with Crippen molar-refractivity contribution in [1.29, 1.82) is 0 Å². The smallest absolute Gasteiger partial charge is 0.306 e. The van der Waals surface area contributed by atoms with Crippen LogP contribution in [0.5, 0.6) is 5.75 Å². The molecule has 130 valence electrons. The molecule has 1 fully saturated rings. The van der Waals surface area contributed by atoms with E-state index in [2.05, 4.69) is 5.32 Å². The highest BCUT2D eigenvalue weighted by Crippen LogP contribution is 2.18. The van der Waals surface area contributed by atoms with Crippen LogP contribution in [0, 0.1) is 5.92 Å². The molecule has 1 aromatic rings. The van der Waals surface area contributed by atoms with Gasteiger partial charge in [0.25, 0.3) is 5.91 Å². The van der Waals surface area contributed by atoms with Crippen LogP contribution in [0.4, 0.5) is 0 Å². The monoisotopic (exact) mass is 334 g/mol. The maximum atomic E-state index is 12.2. The number of para-hydroxylation sites is 1. The molecule has 0 radical (unpaired) electrons. The van der Waals surface area contributed by atoms with Crippen LogP contribution >= 0.6 is 0 Å². The Balaban J connectivity index is 1.86. The maximum absolute atomic E-state index is 12.2. The number of carboxylic acid groups (broad SMARTS) is 1. The number of hydrogen-bond donors (Lipinski definition) is 2. The van der Waals surface area contributed by atoms with Gasteiger partial charge in [-0.05, 0) is 31.9 Å². The lowest BCUT2D eigenvalue weighted by atomic mass is 9.97. The number of carboxylic acids is 1. The van der Waals surface area contributed by atoms with Gasteiger partial charge in [-0.2, -0.15) is 0 Å². The molecule has 0 saturated carbocycles. The average molecular weight is 334 g/mol. The molecule has 1 aromatic carbocycles. The Kier molecular flexibility index (Phi) is 6.17. The Hall–Kier alpha value is -2.57. The molecule has 1 aliphatic rings. The van der Waals surface area contributed by atoms with Crippen LogP contribution in [0.3, 0.4) is 0 Å². The molecule has 1 aliphatic heterocycles. The van der Waals surface area contributed by atoms with Gasteiger partial charge in [0, 0.05) is 13.1 Å². The molecule has 24 heavy (non-hydrogen) atoms. The topological polar surface area (TPSA) is 95.9 Å². The number of amides is 2. The number of hydrogen-bond acceptors (Lipinski definition) is 4. The van der Waals surface area contributed by atoms with Crippen LogP contribution < -0.4 is 10.1 Å². The van der Waals surface area contributed by atoms with Crippen molar-refractivity contribution in [3.05, 3.63) is 29.8 Å². The van der Waals surface area contributed by atoms with E-state index in [0.717, 1.165) is 0 Å². The summed E-state index contributed by atoms with van der Waals surface area (Å²) in [5.74, 6) is -1.30. The Labute approximate surface area is 140 Å². The van der Waals surface area contributed by atoms with Crippen LogP contribution in [-0.2, 0) is 9.59 Å². The molecule has 7 nitrogen and oxygen atoms in total. The van der Waals surface area contributed by atoms with Crippen molar-refractivity contribution in [2.75, 3.05) is 26.2 Å². The predicted molar refractivity (Wildman–Crippen MR) is 86.9 cm³/mol. The molecule has 1 heterocycles. The normalized spacial score (nSPS) is 15.0. The molecule has 2 rings (SSSR count). The number of carbonyl (C=O) groups excluding carboxylic acids is 2. The highest BCUT2D eigenvalue weighted by Gasteiger charge is 2.27. The first kappa shape index (κ1) is 17.8. The lowest BCUT2D eigenvalue weighted by Crippen LogP contribution is -2.45. The van der Waals surface area contributed by atoms with E-state index < -0.39 is 5.97 Å². The van der Waals surface area contributed by atoms with Crippen LogP contribution in [0.2, 0.25) is 0 Å². The zero-order valence-corrected chi connectivity index (χ0v) is 13.7. The van der Waals surface area contributed by atoms with Gasteiger partial charge < -0.3 is 20.1 Å². The summed E-state index contributed by atoms with van der Waals surface area (Å²) >= 11 is 0. The summed E-state index contributed by atoms with van der Waals surface area (Å²) in [7, 11) is 0. The largest absolute Gasteiger partial charge is 0.493 e. The number of likely N-dealkylation sites (tertiary alicyclic amines) is 1. The summed E-state index contributed by atoms with van der Waals surface area (Å²) in [4.78, 5) is 36.9. The SMILES string of the molecule is CCOc1ccccc1C(=O)NCC(=O)N1CCC(C(=O)O)CC1. The van der Waals surface area contributed by atoms with Gasteiger partial charge in [-0.1, -0.05) is 12.1 Å². The van der Waals surface area contributed by atoms with Crippen LogP contribution in [0.25, 0.3) is 0 Å². The minimum Gasteiger partial charge on any atom is -0.493 e. The number of aliphatic carboxylic acids is 1. The van der Waals surface area contributed by atoms with Gasteiger partial charge in [0.05, 0.1) is 24.6 Å². The quantitative estimate of drug-likeness (QED) is 0.813. The van der Waals surface area contributed by atoms with E-state index in [-0.39, 0.29) is 24.3 Å². The van der Waals surface area contributed by atoms with Crippen LogP contribution in [0.1, 0.15) is 30.1 Å². The first-order valence-corrected chi connectivity index (χ1v) is 8.03. The van der Waals surface area contributed by atoms with Crippen molar-refractivity contribution in [3.63, 3.8) is 0 Å². The maximum Gasteiger partial charge on any atom is 0.306 e. The van der Waals surface area contributed by atoms with Gasteiger partial charge in [-0.25, -0.2) is 0 Å². The fourth-order valence-corrected chi connectivity index (χ4v) is 2.67. The van der Waals surface area contributed by atoms with Crippen molar-refractivity contribution in [2.45, 2.75) is 19.8 Å². The molecule has 2 N–H and O–H groups in total. The lowest BCUT2D eigenvalue weighted by molar-refractivity contribution is -0.145. The first-order chi connectivity index (χ1) is 11.5. The number of piperidine rings is 1.